The van der Waals surface area contributed by atoms with E-state index in [1.165, 1.54) is 32.1 Å². The highest BCUT2D eigenvalue weighted by Crippen LogP contribution is 2.30. The highest BCUT2D eigenvalue weighted by molar-refractivity contribution is 5.32. The lowest BCUT2D eigenvalue weighted by Crippen LogP contribution is -2.05. The molecule has 1 rings (SSSR count). The van der Waals surface area contributed by atoms with Crippen molar-refractivity contribution < 1.29 is 13.5 Å². The van der Waals surface area contributed by atoms with Gasteiger partial charge in [-0.05, 0) is 43.2 Å². The van der Waals surface area contributed by atoms with Crippen LogP contribution in [0.15, 0.2) is 12.1 Å². The molecule has 1 nitrogen and oxygen atoms in total. The molecule has 0 amide bonds. The van der Waals surface area contributed by atoms with Gasteiger partial charge < -0.3 is 4.74 Å². The summed E-state index contributed by atoms with van der Waals surface area (Å²) < 4.78 is 34.1. The van der Waals surface area contributed by atoms with E-state index in [1.807, 2.05) is 6.92 Å². The van der Waals surface area contributed by atoms with Gasteiger partial charge in [-0.3, -0.25) is 0 Å². The molecule has 0 aromatic heterocycles. The van der Waals surface area contributed by atoms with Crippen molar-refractivity contribution in [3.05, 3.63) is 35.8 Å². The summed E-state index contributed by atoms with van der Waals surface area (Å²) in [6, 6.07) is 3.27. The average Bonchev–Trinajstić information content (AvgIpc) is 2.64. The third-order valence-corrected chi connectivity index (χ3v) is 4.91. The molecule has 26 heavy (non-hydrogen) atoms. The molecule has 0 aliphatic carbocycles. The molecule has 0 saturated carbocycles. The van der Waals surface area contributed by atoms with Crippen molar-refractivity contribution in [2.24, 2.45) is 0 Å². The Morgan fingerprint density at radius 1 is 0.885 bits per heavy atom. The van der Waals surface area contributed by atoms with Crippen LogP contribution in [-0.2, 0) is 0 Å². The predicted molar refractivity (Wildman–Crippen MR) is 107 cm³/mol. The maximum Gasteiger partial charge on any atom is 0.200 e. The van der Waals surface area contributed by atoms with Crippen LogP contribution < -0.4 is 4.74 Å². The fraction of sp³-hybridized carbons (Fsp3) is 0.696. The molecular formula is C23H37F2O. The van der Waals surface area contributed by atoms with Crippen molar-refractivity contribution >= 4 is 0 Å². The molecule has 0 fully saturated rings. The molecule has 149 valence electrons. The molecule has 1 aromatic rings. The predicted octanol–water partition coefficient (Wildman–Crippen LogP) is 7.98. The monoisotopic (exact) mass is 367 g/mol. The van der Waals surface area contributed by atoms with Gasteiger partial charge in [0.2, 0.25) is 5.82 Å². The Morgan fingerprint density at radius 2 is 1.58 bits per heavy atom. The molecule has 0 saturated heterocycles. The van der Waals surface area contributed by atoms with Crippen LogP contribution in [0.2, 0.25) is 0 Å². The van der Waals surface area contributed by atoms with Crippen LogP contribution in [0.1, 0.15) is 103 Å². The zero-order valence-corrected chi connectivity index (χ0v) is 17.0. The minimum atomic E-state index is -0.838. The number of rotatable bonds is 15. The van der Waals surface area contributed by atoms with Gasteiger partial charge in [-0.25, -0.2) is 4.39 Å². The third-order valence-electron chi connectivity index (χ3n) is 4.91. The summed E-state index contributed by atoms with van der Waals surface area (Å²) in [7, 11) is 0. The van der Waals surface area contributed by atoms with Crippen LogP contribution >= 0.6 is 0 Å². The lowest BCUT2D eigenvalue weighted by molar-refractivity contribution is 0.284. The largest absolute Gasteiger partial charge is 0.490 e. The summed E-state index contributed by atoms with van der Waals surface area (Å²) in [6.07, 6.45) is 14.4. The molecule has 0 heterocycles. The molecule has 1 radical (unpaired) electrons. The van der Waals surface area contributed by atoms with Crippen molar-refractivity contribution in [3.63, 3.8) is 0 Å². The summed E-state index contributed by atoms with van der Waals surface area (Å²) in [5.74, 6) is -1.53. The van der Waals surface area contributed by atoms with Gasteiger partial charge in [-0.15, -0.1) is 0 Å². The summed E-state index contributed by atoms with van der Waals surface area (Å²) in [6.45, 7) is 6.75. The van der Waals surface area contributed by atoms with Crippen LogP contribution in [-0.4, -0.2) is 6.61 Å². The second-order valence-corrected chi connectivity index (χ2v) is 7.31. The number of hydrogen-bond acceptors (Lipinski definition) is 1. The van der Waals surface area contributed by atoms with Crippen molar-refractivity contribution in [2.75, 3.05) is 6.61 Å². The SMILES string of the molecule is CCC[CH]CCC(C)c1ccc(OCCCCCCCCC)c(F)c1F. The van der Waals surface area contributed by atoms with Crippen LogP contribution in [0.5, 0.6) is 5.75 Å². The second-order valence-electron chi connectivity index (χ2n) is 7.31. The maximum absolute atomic E-state index is 14.4. The van der Waals surface area contributed by atoms with E-state index < -0.39 is 11.6 Å². The normalized spacial score (nSPS) is 12.3. The number of ether oxygens (including phenoxy) is 1. The van der Waals surface area contributed by atoms with Gasteiger partial charge in [-0.2, -0.15) is 4.39 Å². The zero-order valence-electron chi connectivity index (χ0n) is 17.0. The Hall–Kier alpha value is -1.12. The van der Waals surface area contributed by atoms with Gasteiger partial charge >= 0.3 is 0 Å². The molecule has 1 aromatic carbocycles. The van der Waals surface area contributed by atoms with Crippen LogP contribution in [0.25, 0.3) is 0 Å². The average molecular weight is 368 g/mol. The summed E-state index contributed by atoms with van der Waals surface area (Å²) in [5, 5.41) is 0. The van der Waals surface area contributed by atoms with Gasteiger partial charge in [0.05, 0.1) is 6.61 Å². The van der Waals surface area contributed by atoms with E-state index in [9.17, 15) is 8.78 Å². The fourth-order valence-electron chi connectivity index (χ4n) is 3.15. The van der Waals surface area contributed by atoms with Crippen molar-refractivity contribution in [1.82, 2.24) is 0 Å². The van der Waals surface area contributed by atoms with Gasteiger partial charge in [0.15, 0.2) is 11.6 Å². The molecule has 0 aliphatic rings. The van der Waals surface area contributed by atoms with E-state index >= 15 is 0 Å². The number of hydrogen-bond donors (Lipinski definition) is 0. The summed E-state index contributed by atoms with van der Waals surface area (Å²) in [5.41, 5.74) is 0.454. The highest BCUT2D eigenvalue weighted by Gasteiger charge is 2.18. The molecular weight excluding hydrogens is 330 g/mol. The Bertz CT molecular complexity index is 487. The second kappa shape index (κ2) is 14.0. The Kier molecular flexibility index (Phi) is 12.3. The lowest BCUT2D eigenvalue weighted by atomic mass is 9.94. The van der Waals surface area contributed by atoms with E-state index in [0.717, 1.165) is 38.5 Å². The van der Waals surface area contributed by atoms with Crippen LogP contribution in [0.4, 0.5) is 8.78 Å². The van der Waals surface area contributed by atoms with Gasteiger partial charge in [0.1, 0.15) is 0 Å². The van der Waals surface area contributed by atoms with Gasteiger partial charge in [-0.1, -0.05) is 78.2 Å². The van der Waals surface area contributed by atoms with E-state index in [-0.39, 0.29) is 11.7 Å². The molecule has 3 heteroatoms. The van der Waals surface area contributed by atoms with Gasteiger partial charge in [0, 0.05) is 0 Å². The van der Waals surface area contributed by atoms with E-state index in [0.29, 0.717) is 12.2 Å². The van der Waals surface area contributed by atoms with Crippen LogP contribution in [0, 0.1) is 18.1 Å². The number of unbranched alkanes of at least 4 members (excludes halogenated alkanes) is 9. The molecule has 0 bridgehead atoms. The topological polar surface area (TPSA) is 9.23 Å². The van der Waals surface area contributed by atoms with Crippen LogP contribution in [0.3, 0.4) is 0 Å². The highest BCUT2D eigenvalue weighted by atomic mass is 19.2. The molecule has 0 aliphatic heterocycles. The van der Waals surface area contributed by atoms with E-state index in [4.69, 9.17) is 4.74 Å². The van der Waals surface area contributed by atoms with Crippen molar-refractivity contribution in [2.45, 2.75) is 97.3 Å². The first-order valence-corrected chi connectivity index (χ1v) is 10.5. The van der Waals surface area contributed by atoms with E-state index in [1.54, 1.807) is 12.1 Å². The minimum Gasteiger partial charge on any atom is -0.490 e. The Labute approximate surface area is 159 Å². The molecule has 1 unspecified atom stereocenters. The first-order chi connectivity index (χ1) is 12.6. The van der Waals surface area contributed by atoms with Crippen molar-refractivity contribution in [3.8, 4) is 5.75 Å². The quantitative estimate of drug-likeness (QED) is 0.285. The molecule has 0 N–H and O–H groups in total. The van der Waals surface area contributed by atoms with Crippen molar-refractivity contribution in [1.29, 1.82) is 0 Å². The summed E-state index contributed by atoms with van der Waals surface area (Å²) in [4.78, 5) is 0. The Balaban J connectivity index is 2.38. The molecule has 1 atom stereocenters. The minimum absolute atomic E-state index is 0.00905. The summed E-state index contributed by atoms with van der Waals surface area (Å²) >= 11 is 0. The number of halogens is 2. The Morgan fingerprint density at radius 3 is 2.27 bits per heavy atom. The zero-order chi connectivity index (χ0) is 19.2. The van der Waals surface area contributed by atoms with E-state index in [2.05, 4.69) is 20.3 Å². The first kappa shape index (κ1) is 22.9. The molecule has 0 spiro atoms. The third kappa shape index (κ3) is 8.51. The lowest BCUT2D eigenvalue weighted by Gasteiger charge is -2.15. The standard InChI is InChI=1S/C23H37F2O/c1-4-6-8-10-11-12-14-18-26-21-17-16-20(22(24)23(21)25)19(3)15-13-9-7-5-2/h9,16-17,19H,4-8,10-15,18H2,1-3H3. The maximum atomic E-state index is 14.4. The smallest absolute Gasteiger partial charge is 0.200 e. The van der Waals surface area contributed by atoms with Gasteiger partial charge in [0.25, 0.3) is 0 Å². The number of benzene rings is 1. The fourth-order valence-corrected chi connectivity index (χ4v) is 3.15. The first-order valence-electron chi connectivity index (χ1n) is 10.5.